The van der Waals surface area contributed by atoms with Gasteiger partial charge in [-0.25, -0.2) is 15.0 Å². The maximum absolute atomic E-state index is 5.88. The highest BCUT2D eigenvalue weighted by molar-refractivity contribution is 6.76. The molecule has 148 valence electrons. The molecule has 0 radical (unpaired) electrons. The van der Waals surface area contributed by atoms with E-state index in [4.69, 9.17) is 14.5 Å². The van der Waals surface area contributed by atoms with Crippen LogP contribution < -0.4 is 4.74 Å². The fraction of sp³-hybridized carbons (Fsp3) is 0.476. The van der Waals surface area contributed by atoms with Crippen molar-refractivity contribution in [2.75, 3.05) is 13.7 Å². The van der Waals surface area contributed by atoms with Crippen molar-refractivity contribution in [2.45, 2.75) is 51.2 Å². The molecular formula is C21H28N4O2Si. The van der Waals surface area contributed by atoms with Crippen molar-refractivity contribution in [3.63, 3.8) is 0 Å². The monoisotopic (exact) mass is 396 g/mol. The molecule has 0 spiro atoms. The summed E-state index contributed by atoms with van der Waals surface area (Å²) in [5, 5.41) is 0. The quantitative estimate of drug-likeness (QED) is 0.408. The summed E-state index contributed by atoms with van der Waals surface area (Å²) in [6.45, 7) is 8.41. The van der Waals surface area contributed by atoms with Gasteiger partial charge in [-0.2, -0.15) is 0 Å². The fourth-order valence-corrected chi connectivity index (χ4v) is 4.08. The first kappa shape index (κ1) is 19.1. The van der Waals surface area contributed by atoms with E-state index in [1.165, 1.54) is 18.4 Å². The van der Waals surface area contributed by atoms with Gasteiger partial charge in [0.1, 0.15) is 6.73 Å². The Labute approximate surface area is 166 Å². The Bertz CT molecular complexity index is 976. The minimum Gasteiger partial charge on any atom is -0.480 e. The van der Waals surface area contributed by atoms with Crippen LogP contribution in [0.3, 0.4) is 0 Å². The molecule has 6 nitrogen and oxygen atoms in total. The smallest absolute Gasteiger partial charge is 0.224 e. The summed E-state index contributed by atoms with van der Waals surface area (Å²) in [5.74, 6) is 1.84. The highest BCUT2D eigenvalue weighted by Gasteiger charge is 2.29. The number of pyridine rings is 1. The molecule has 1 saturated carbocycles. The molecule has 1 aliphatic carbocycles. The lowest BCUT2D eigenvalue weighted by Crippen LogP contribution is -2.21. The third-order valence-corrected chi connectivity index (χ3v) is 6.83. The van der Waals surface area contributed by atoms with Crippen molar-refractivity contribution >= 4 is 19.1 Å². The van der Waals surface area contributed by atoms with E-state index >= 15 is 0 Å². The minimum absolute atomic E-state index is 0.528. The van der Waals surface area contributed by atoms with Crippen molar-refractivity contribution in [3.8, 4) is 17.3 Å². The highest BCUT2D eigenvalue weighted by Crippen LogP contribution is 2.46. The van der Waals surface area contributed by atoms with Crippen LogP contribution in [0, 0.1) is 0 Å². The van der Waals surface area contributed by atoms with Gasteiger partial charge in [0.15, 0.2) is 5.82 Å². The predicted molar refractivity (Wildman–Crippen MR) is 113 cm³/mol. The Morgan fingerprint density at radius 1 is 1.18 bits per heavy atom. The van der Waals surface area contributed by atoms with E-state index in [9.17, 15) is 0 Å². The van der Waals surface area contributed by atoms with Crippen molar-refractivity contribution in [2.24, 2.45) is 0 Å². The molecule has 0 bridgehead atoms. The van der Waals surface area contributed by atoms with Gasteiger partial charge in [0, 0.05) is 27.1 Å². The van der Waals surface area contributed by atoms with E-state index in [2.05, 4.69) is 40.2 Å². The standard InChI is InChI=1S/C21H28N4O2Si/c1-26-21-19(16(7-9-22-21)15-5-6-15)20-23-13-18-17(24-20)8-10-25(18)14-27-11-12-28(2,3)4/h7-10,13,15H,5-6,11-12,14H2,1-4H3. The van der Waals surface area contributed by atoms with E-state index in [1.807, 2.05) is 24.7 Å². The molecule has 1 fully saturated rings. The van der Waals surface area contributed by atoms with Crippen molar-refractivity contribution in [1.82, 2.24) is 19.5 Å². The normalized spacial score (nSPS) is 14.6. The van der Waals surface area contributed by atoms with Crippen LogP contribution in [0.2, 0.25) is 25.7 Å². The predicted octanol–water partition coefficient (Wildman–Crippen LogP) is 4.69. The summed E-state index contributed by atoms with van der Waals surface area (Å²) < 4.78 is 13.5. The average Bonchev–Trinajstić information content (AvgIpc) is 3.44. The van der Waals surface area contributed by atoms with Crippen molar-refractivity contribution < 1.29 is 9.47 Å². The van der Waals surface area contributed by atoms with Gasteiger partial charge in [-0.3, -0.25) is 0 Å². The Balaban J connectivity index is 1.59. The van der Waals surface area contributed by atoms with Crippen molar-refractivity contribution in [1.29, 1.82) is 0 Å². The second-order valence-corrected chi connectivity index (χ2v) is 14.3. The van der Waals surface area contributed by atoms with Crippen LogP contribution in [0.15, 0.2) is 30.7 Å². The fourth-order valence-electron chi connectivity index (χ4n) is 3.32. The molecule has 0 atom stereocenters. The molecule has 0 unspecified atom stereocenters. The maximum atomic E-state index is 5.88. The SMILES string of the molecule is COc1nccc(C2CC2)c1-c1ncc2c(ccn2COCC[Si](C)(C)C)n1. The van der Waals surface area contributed by atoms with Crippen LogP contribution in [-0.4, -0.2) is 41.3 Å². The molecule has 1 aliphatic rings. The van der Waals surface area contributed by atoms with Gasteiger partial charge < -0.3 is 14.0 Å². The molecular weight excluding hydrogens is 368 g/mol. The number of ether oxygens (including phenoxy) is 2. The van der Waals surface area contributed by atoms with Gasteiger partial charge in [-0.05, 0) is 42.5 Å². The van der Waals surface area contributed by atoms with Crippen LogP contribution in [0.4, 0.5) is 0 Å². The van der Waals surface area contributed by atoms with Gasteiger partial charge in [0.2, 0.25) is 5.88 Å². The van der Waals surface area contributed by atoms with Gasteiger partial charge in [-0.15, -0.1) is 0 Å². The number of aromatic nitrogens is 4. The van der Waals surface area contributed by atoms with Crippen LogP contribution in [0.25, 0.3) is 22.4 Å². The maximum Gasteiger partial charge on any atom is 0.224 e. The van der Waals surface area contributed by atoms with E-state index in [0.717, 1.165) is 29.2 Å². The van der Waals surface area contributed by atoms with Crippen molar-refractivity contribution in [3.05, 3.63) is 36.3 Å². The van der Waals surface area contributed by atoms with Gasteiger partial charge in [0.05, 0.1) is 29.9 Å². The Morgan fingerprint density at radius 3 is 2.71 bits per heavy atom. The van der Waals surface area contributed by atoms with Crippen LogP contribution >= 0.6 is 0 Å². The zero-order valence-corrected chi connectivity index (χ0v) is 18.1. The van der Waals surface area contributed by atoms with E-state index in [1.54, 1.807) is 7.11 Å². The molecule has 0 amide bonds. The largest absolute Gasteiger partial charge is 0.480 e. The number of methoxy groups -OCH3 is 1. The number of rotatable bonds is 8. The number of hydrogen-bond donors (Lipinski definition) is 0. The highest BCUT2D eigenvalue weighted by atomic mass is 28.3. The number of fused-ring (bicyclic) bond motifs is 1. The number of hydrogen-bond acceptors (Lipinski definition) is 5. The molecule has 3 aromatic rings. The summed E-state index contributed by atoms with van der Waals surface area (Å²) in [6.07, 6.45) is 8.10. The summed E-state index contributed by atoms with van der Waals surface area (Å²) in [6, 6.07) is 5.25. The van der Waals surface area contributed by atoms with Gasteiger partial charge in [-0.1, -0.05) is 19.6 Å². The summed E-state index contributed by atoms with van der Waals surface area (Å²) >= 11 is 0. The number of nitrogens with zero attached hydrogens (tertiary/aromatic N) is 4. The second-order valence-electron chi connectivity index (χ2n) is 8.66. The molecule has 0 N–H and O–H groups in total. The molecule has 28 heavy (non-hydrogen) atoms. The second kappa shape index (κ2) is 7.64. The molecule has 0 saturated heterocycles. The van der Waals surface area contributed by atoms with E-state index < -0.39 is 8.07 Å². The lowest BCUT2D eigenvalue weighted by Gasteiger charge is -2.15. The Hall–Kier alpha value is -2.25. The van der Waals surface area contributed by atoms with Crippen LogP contribution in [0.5, 0.6) is 5.88 Å². The summed E-state index contributed by atoms with van der Waals surface area (Å²) in [5.41, 5.74) is 4.05. The van der Waals surface area contributed by atoms with Gasteiger partial charge >= 0.3 is 0 Å². The molecule has 0 aromatic carbocycles. The molecule has 3 heterocycles. The van der Waals surface area contributed by atoms with E-state index in [-0.39, 0.29) is 0 Å². The van der Waals surface area contributed by atoms with Crippen LogP contribution in [-0.2, 0) is 11.5 Å². The molecule has 4 rings (SSSR count). The molecule has 3 aromatic heterocycles. The topological polar surface area (TPSA) is 62.1 Å². The lowest BCUT2D eigenvalue weighted by atomic mass is 10.0. The molecule has 7 heteroatoms. The minimum atomic E-state index is -1.07. The lowest BCUT2D eigenvalue weighted by molar-refractivity contribution is 0.0902. The molecule has 0 aliphatic heterocycles. The zero-order valence-electron chi connectivity index (χ0n) is 17.1. The zero-order chi connectivity index (χ0) is 19.7. The summed E-state index contributed by atoms with van der Waals surface area (Å²) in [7, 11) is 0.575. The van der Waals surface area contributed by atoms with Crippen LogP contribution in [0.1, 0.15) is 24.3 Å². The first-order valence-electron chi connectivity index (χ1n) is 9.89. The third kappa shape index (κ3) is 4.10. The Kier molecular flexibility index (Phi) is 5.20. The summed E-state index contributed by atoms with van der Waals surface area (Å²) in [4.78, 5) is 13.8. The third-order valence-electron chi connectivity index (χ3n) is 5.13. The Morgan fingerprint density at radius 2 is 2.00 bits per heavy atom. The average molecular weight is 397 g/mol. The van der Waals surface area contributed by atoms with E-state index in [0.29, 0.717) is 24.4 Å². The first-order valence-corrected chi connectivity index (χ1v) is 13.6. The van der Waals surface area contributed by atoms with Gasteiger partial charge in [0.25, 0.3) is 0 Å². The first-order chi connectivity index (χ1) is 13.5.